The highest BCUT2D eigenvalue weighted by molar-refractivity contribution is 6.10. The smallest absolute Gasteiger partial charge is 0.0541 e. The zero-order valence-electron chi connectivity index (χ0n) is 30.8. The summed E-state index contributed by atoms with van der Waals surface area (Å²) in [7, 11) is 0. The minimum absolute atomic E-state index is 0.0876. The van der Waals surface area contributed by atoms with Crippen LogP contribution >= 0.6 is 0 Å². The van der Waals surface area contributed by atoms with Gasteiger partial charge >= 0.3 is 0 Å². The molecule has 1 aromatic heterocycles. The first kappa shape index (κ1) is 32.0. The van der Waals surface area contributed by atoms with Gasteiger partial charge in [-0.2, -0.15) is 0 Å². The highest BCUT2D eigenvalue weighted by Gasteiger charge is 2.35. The minimum atomic E-state index is -0.0876. The maximum atomic E-state index is 2.41. The van der Waals surface area contributed by atoms with Crippen LogP contribution in [0.1, 0.15) is 30.5 Å². The van der Waals surface area contributed by atoms with Gasteiger partial charge in [0.25, 0.3) is 0 Å². The Labute approximate surface area is 317 Å². The summed E-state index contributed by atoms with van der Waals surface area (Å²) in [4.78, 5) is 2.40. The Balaban J connectivity index is 1.07. The molecule has 0 saturated heterocycles. The summed E-state index contributed by atoms with van der Waals surface area (Å²) >= 11 is 0. The minimum Gasteiger partial charge on any atom is -0.310 e. The average molecular weight is 693 g/mol. The van der Waals surface area contributed by atoms with Crippen LogP contribution in [-0.2, 0) is 5.41 Å². The van der Waals surface area contributed by atoms with E-state index in [1.54, 1.807) is 0 Å². The van der Waals surface area contributed by atoms with E-state index in [2.05, 4.69) is 218 Å². The van der Waals surface area contributed by atoms with Crippen molar-refractivity contribution in [2.45, 2.75) is 26.2 Å². The van der Waals surface area contributed by atoms with Gasteiger partial charge in [0.05, 0.1) is 11.0 Å². The lowest BCUT2D eigenvalue weighted by molar-refractivity contribution is 0.660. The Bertz CT molecular complexity index is 2840. The van der Waals surface area contributed by atoms with Crippen molar-refractivity contribution in [2.24, 2.45) is 0 Å². The lowest BCUT2D eigenvalue weighted by Crippen LogP contribution is -2.16. The first-order valence-electron chi connectivity index (χ1n) is 18.8. The van der Waals surface area contributed by atoms with Crippen molar-refractivity contribution < 1.29 is 0 Å². The molecule has 9 aromatic rings. The van der Waals surface area contributed by atoms with Crippen LogP contribution < -0.4 is 4.90 Å². The lowest BCUT2D eigenvalue weighted by atomic mass is 9.82. The molecule has 2 nitrogen and oxygen atoms in total. The fraction of sp³-hybridized carbons (Fsp3) is 0.0769. The first-order chi connectivity index (χ1) is 26.4. The van der Waals surface area contributed by atoms with Gasteiger partial charge in [0, 0.05) is 38.9 Å². The van der Waals surface area contributed by atoms with Crippen LogP contribution in [0, 0.1) is 6.92 Å². The SMILES string of the molecule is Cc1cccc(-n2c3ccccc3c3cc(-c4ccc(N(c5ccc(-c6ccccc6)cc5)c5ccc6c(c5)C(C)(C)c5ccccc5-6)cc4)ccc32)c1. The third-order valence-electron chi connectivity index (χ3n) is 11.4. The Morgan fingerprint density at radius 2 is 1.00 bits per heavy atom. The summed E-state index contributed by atoms with van der Waals surface area (Å²) in [6.07, 6.45) is 0. The molecule has 0 fully saturated rings. The zero-order chi connectivity index (χ0) is 36.4. The molecule has 8 aromatic carbocycles. The molecule has 0 aliphatic heterocycles. The van der Waals surface area contributed by atoms with Crippen LogP contribution in [0.4, 0.5) is 17.1 Å². The largest absolute Gasteiger partial charge is 0.310 e. The van der Waals surface area contributed by atoms with Crippen molar-refractivity contribution in [3.8, 4) is 39.1 Å². The van der Waals surface area contributed by atoms with E-state index in [9.17, 15) is 0 Å². The number of rotatable bonds is 6. The molecule has 0 bridgehead atoms. The van der Waals surface area contributed by atoms with Gasteiger partial charge in [-0.05, 0) is 124 Å². The predicted molar refractivity (Wildman–Crippen MR) is 229 cm³/mol. The molecule has 10 rings (SSSR count). The average Bonchev–Trinajstić information content (AvgIpc) is 3.67. The van der Waals surface area contributed by atoms with Crippen LogP contribution in [0.5, 0.6) is 0 Å². The van der Waals surface area contributed by atoms with Gasteiger partial charge in [0.15, 0.2) is 0 Å². The summed E-state index contributed by atoms with van der Waals surface area (Å²) < 4.78 is 2.39. The van der Waals surface area contributed by atoms with E-state index < -0.39 is 0 Å². The first-order valence-corrected chi connectivity index (χ1v) is 18.8. The van der Waals surface area contributed by atoms with Crippen LogP contribution in [0.2, 0.25) is 0 Å². The van der Waals surface area contributed by atoms with Crippen LogP contribution in [-0.4, -0.2) is 4.57 Å². The number of aromatic nitrogens is 1. The van der Waals surface area contributed by atoms with Gasteiger partial charge in [0.2, 0.25) is 0 Å². The molecule has 2 heteroatoms. The lowest BCUT2D eigenvalue weighted by Gasteiger charge is -2.28. The maximum Gasteiger partial charge on any atom is 0.0541 e. The second kappa shape index (κ2) is 12.5. The topological polar surface area (TPSA) is 8.17 Å². The van der Waals surface area contributed by atoms with E-state index in [0.717, 1.165) is 17.1 Å². The second-order valence-corrected chi connectivity index (χ2v) is 15.1. The molecule has 258 valence electrons. The molecule has 0 spiro atoms. The Morgan fingerprint density at radius 3 is 1.76 bits per heavy atom. The summed E-state index contributed by atoms with van der Waals surface area (Å²) in [6.45, 7) is 6.86. The molecule has 0 atom stereocenters. The van der Waals surface area contributed by atoms with Crippen molar-refractivity contribution in [3.05, 3.63) is 205 Å². The molecule has 54 heavy (non-hydrogen) atoms. The third-order valence-corrected chi connectivity index (χ3v) is 11.4. The van der Waals surface area contributed by atoms with Crippen LogP contribution in [0.15, 0.2) is 188 Å². The van der Waals surface area contributed by atoms with Gasteiger partial charge in [-0.15, -0.1) is 0 Å². The summed E-state index contributed by atoms with van der Waals surface area (Å²) in [5, 5.41) is 2.52. The van der Waals surface area contributed by atoms with Crippen molar-refractivity contribution in [3.63, 3.8) is 0 Å². The molecule has 0 amide bonds. The number of hydrogen-bond donors (Lipinski definition) is 0. The molecule has 0 N–H and O–H groups in total. The molecule has 1 aliphatic carbocycles. The molecular formula is C52H40N2. The number of benzene rings is 8. The van der Waals surface area contributed by atoms with E-state index in [1.165, 1.54) is 77.6 Å². The third kappa shape index (κ3) is 5.17. The van der Waals surface area contributed by atoms with E-state index >= 15 is 0 Å². The quantitative estimate of drug-likeness (QED) is 0.168. The number of aryl methyl sites for hydroxylation is 1. The van der Waals surface area contributed by atoms with Crippen LogP contribution in [0.3, 0.4) is 0 Å². The fourth-order valence-electron chi connectivity index (χ4n) is 8.71. The van der Waals surface area contributed by atoms with Gasteiger partial charge < -0.3 is 9.47 Å². The molecule has 1 heterocycles. The van der Waals surface area contributed by atoms with E-state index in [0.29, 0.717) is 0 Å². The molecule has 1 aliphatic rings. The monoisotopic (exact) mass is 692 g/mol. The number of hydrogen-bond acceptors (Lipinski definition) is 1. The predicted octanol–water partition coefficient (Wildman–Crippen LogP) is 14.2. The van der Waals surface area contributed by atoms with Crippen molar-refractivity contribution in [2.75, 3.05) is 4.90 Å². The van der Waals surface area contributed by atoms with Crippen molar-refractivity contribution >= 4 is 38.9 Å². The Kier molecular flexibility index (Phi) is 7.42. The summed E-state index contributed by atoms with van der Waals surface area (Å²) in [5.41, 5.74) is 18.4. The maximum absolute atomic E-state index is 2.41. The number of nitrogens with zero attached hydrogens (tertiary/aromatic N) is 2. The highest BCUT2D eigenvalue weighted by Crippen LogP contribution is 2.50. The summed E-state index contributed by atoms with van der Waals surface area (Å²) in [5.74, 6) is 0. The standard InChI is InChI=1S/C52H40N2/c1-35-12-11-15-42(32-35)54-50-19-10-8-17-46(50)47-33-39(24-31-51(47)54)38-22-27-41(28-23-38)53(40-25-20-37(21-26-40)36-13-5-4-6-14-36)43-29-30-45-44-16-7-9-18-48(44)52(2,3)49(45)34-43/h4-34H,1-3H3. The molecular weight excluding hydrogens is 653 g/mol. The normalized spacial score (nSPS) is 12.9. The van der Waals surface area contributed by atoms with Crippen molar-refractivity contribution in [1.29, 1.82) is 0 Å². The molecule has 0 unspecified atom stereocenters. The highest BCUT2D eigenvalue weighted by atomic mass is 15.1. The fourth-order valence-corrected chi connectivity index (χ4v) is 8.71. The van der Waals surface area contributed by atoms with E-state index in [1.807, 2.05) is 0 Å². The number of para-hydroxylation sites is 1. The van der Waals surface area contributed by atoms with Gasteiger partial charge in [-0.1, -0.05) is 135 Å². The number of anilines is 3. The molecule has 0 radical (unpaired) electrons. The van der Waals surface area contributed by atoms with E-state index in [4.69, 9.17) is 0 Å². The molecule has 0 saturated carbocycles. The van der Waals surface area contributed by atoms with Gasteiger partial charge in [0.1, 0.15) is 0 Å². The summed E-state index contributed by atoms with van der Waals surface area (Å²) in [6, 6.07) is 69.0. The number of fused-ring (bicyclic) bond motifs is 6. The zero-order valence-corrected chi connectivity index (χ0v) is 30.8. The Hall–Kier alpha value is -6.64. The van der Waals surface area contributed by atoms with Crippen molar-refractivity contribution in [1.82, 2.24) is 4.57 Å². The van der Waals surface area contributed by atoms with Crippen LogP contribution in [0.25, 0.3) is 60.9 Å². The van der Waals surface area contributed by atoms with Gasteiger partial charge in [-0.3, -0.25) is 0 Å². The second-order valence-electron chi connectivity index (χ2n) is 15.1. The van der Waals surface area contributed by atoms with Gasteiger partial charge in [-0.25, -0.2) is 0 Å². The Morgan fingerprint density at radius 1 is 0.407 bits per heavy atom. The van der Waals surface area contributed by atoms with E-state index in [-0.39, 0.29) is 5.41 Å².